The van der Waals surface area contributed by atoms with Crippen molar-refractivity contribution in [1.82, 2.24) is 4.90 Å². The highest BCUT2D eigenvalue weighted by Gasteiger charge is 2.61. The van der Waals surface area contributed by atoms with Crippen molar-refractivity contribution in [2.75, 3.05) is 13.7 Å². The molecular weight excluding hydrogens is 300 g/mol. The highest BCUT2D eigenvalue weighted by molar-refractivity contribution is 5.98. The maximum Gasteiger partial charge on any atom is 0.311 e. The third-order valence-corrected chi connectivity index (χ3v) is 5.22. The molecule has 0 bridgehead atoms. The third kappa shape index (κ3) is 2.18. The van der Waals surface area contributed by atoms with E-state index in [1.54, 1.807) is 11.9 Å². The maximum atomic E-state index is 12.8. The van der Waals surface area contributed by atoms with Crippen molar-refractivity contribution in [2.45, 2.75) is 32.4 Å². The monoisotopic (exact) mass is 320 g/mol. The van der Waals surface area contributed by atoms with Crippen molar-refractivity contribution in [1.29, 1.82) is 0 Å². The van der Waals surface area contributed by atoms with Crippen molar-refractivity contribution in [3.8, 4) is 5.75 Å². The molecule has 1 aliphatic carbocycles. The molecule has 7 nitrogen and oxygen atoms in total. The Morgan fingerprint density at radius 2 is 2.17 bits per heavy atom. The predicted molar refractivity (Wildman–Crippen MR) is 82.3 cm³/mol. The maximum absolute atomic E-state index is 12.8. The van der Waals surface area contributed by atoms with Crippen LogP contribution in [0.2, 0.25) is 0 Å². The summed E-state index contributed by atoms with van der Waals surface area (Å²) < 4.78 is 5.73. The zero-order chi connectivity index (χ0) is 16.9. The standard InChI is InChI=1S/C16H20N2O5/c1-16(2)13(10-7-8-23-14(10)16)17(3)15(20)9-5-4-6-11(12(9)19)18(21)22/h4-6,10,13-14,19H,7-8H2,1-3H3/t10-,13-,14+/m1/s1. The zero-order valence-corrected chi connectivity index (χ0v) is 13.4. The minimum absolute atomic E-state index is 0.0128. The Morgan fingerprint density at radius 1 is 1.48 bits per heavy atom. The number of carbonyl (C=O) groups excluding carboxylic acids is 1. The number of nitro benzene ring substituents is 1. The van der Waals surface area contributed by atoms with Crippen LogP contribution in [0.4, 0.5) is 5.69 Å². The summed E-state index contributed by atoms with van der Waals surface area (Å²) in [5, 5.41) is 21.0. The molecule has 0 spiro atoms. The van der Waals surface area contributed by atoms with Gasteiger partial charge < -0.3 is 14.7 Å². The number of aromatic hydroxyl groups is 1. The van der Waals surface area contributed by atoms with Gasteiger partial charge in [-0.2, -0.15) is 0 Å². The van der Waals surface area contributed by atoms with Gasteiger partial charge in [0.1, 0.15) is 0 Å². The Kier molecular flexibility index (Phi) is 3.55. The summed E-state index contributed by atoms with van der Waals surface area (Å²) in [6.07, 6.45) is 1.04. The van der Waals surface area contributed by atoms with Gasteiger partial charge >= 0.3 is 5.69 Å². The lowest BCUT2D eigenvalue weighted by Crippen LogP contribution is -2.66. The number of fused-ring (bicyclic) bond motifs is 1. The van der Waals surface area contributed by atoms with Gasteiger partial charge in [-0.15, -0.1) is 0 Å². The topological polar surface area (TPSA) is 92.9 Å². The number of phenols is 1. The van der Waals surface area contributed by atoms with Crippen LogP contribution in [-0.2, 0) is 4.74 Å². The average Bonchev–Trinajstić information content (AvgIpc) is 2.92. The van der Waals surface area contributed by atoms with E-state index in [-0.39, 0.29) is 29.0 Å². The summed E-state index contributed by atoms with van der Waals surface area (Å²) in [4.78, 5) is 24.6. The summed E-state index contributed by atoms with van der Waals surface area (Å²) in [7, 11) is 1.68. The van der Waals surface area contributed by atoms with E-state index < -0.39 is 22.3 Å². The molecule has 1 amide bonds. The number of ether oxygens (including phenoxy) is 1. The van der Waals surface area contributed by atoms with Gasteiger partial charge in [-0.1, -0.05) is 19.9 Å². The molecule has 23 heavy (non-hydrogen) atoms. The lowest BCUT2D eigenvalue weighted by Gasteiger charge is -2.57. The van der Waals surface area contributed by atoms with Crippen molar-refractivity contribution >= 4 is 11.6 Å². The highest BCUT2D eigenvalue weighted by atomic mass is 16.6. The molecular formula is C16H20N2O5. The second-order valence-electron chi connectivity index (χ2n) is 6.86. The first kappa shape index (κ1) is 15.7. The number of nitrogens with zero attached hydrogens (tertiary/aromatic N) is 2. The molecule has 1 aliphatic heterocycles. The van der Waals surface area contributed by atoms with Crippen LogP contribution in [0.1, 0.15) is 30.6 Å². The van der Waals surface area contributed by atoms with Gasteiger partial charge in [0.15, 0.2) is 0 Å². The molecule has 0 aromatic heterocycles. The largest absolute Gasteiger partial charge is 0.502 e. The SMILES string of the molecule is CN(C(=O)c1cccc([N+](=O)[O-])c1O)[C@@H]1[C@H]2CCO[C@@H]2C1(C)C. The third-order valence-electron chi connectivity index (χ3n) is 5.22. The smallest absolute Gasteiger partial charge is 0.311 e. The summed E-state index contributed by atoms with van der Waals surface area (Å²) in [6, 6.07) is 3.99. The first-order valence-electron chi connectivity index (χ1n) is 7.62. The summed E-state index contributed by atoms with van der Waals surface area (Å²) in [5.41, 5.74) is -0.680. The van der Waals surface area contributed by atoms with E-state index in [1.165, 1.54) is 18.2 Å². The van der Waals surface area contributed by atoms with Gasteiger partial charge in [-0.05, 0) is 12.5 Å². The van der Waals surface area contributed by atoms with E-state index in [4.69, 9.17) is 4.74 Å². The van der Waals surface area contributed by atoms with Crippen molar-refractivity contribution < 1.29 is 19.6 Å². The fourth-order valence-corrected chi connectivity index (χ4v) is 4.25. The van der Waals surface area contributed by atoms with Crippen LogP contribution in [0, 0.1) is 21.4 Å². The van der Waals surface area contributed by atoms with Gasteiger partial charge in [0, 0.05) is 37.1 Å². The number of hydrogen-bond donors (Lipinski definition) is 1. The Hall–Kier alpha value is -2.15. The molecule has 2 fully saturated rings. The molecule has 2 aliphatic rings. The number of nitro groups is 1. The zero-order valence-electron chi connectivity index (χ0n) is 13.4. The van der Waals surface area contributed by atoms with E-state index in [1.807, 2.05) is 0 Å². The second kappa shape index (κ2) is 5.19. The Balaban J connectivity index is 1.89. The number of hydrogen-bond acceptors (Lipinski definition) is 5. The Bertz CT molecular complexity index is 672. The second-order valence-corrected chi connectivity index (χ2v) is 6.86. The van der Waals surface area contributed by atoms with Crippen molar-refractivity contribution in [3.63, 3.8) is 0 Å². The van der Waals surface area contributed by atoms with E-state index in [0.717, 1.165) is 6.42 Å². The summed E-state index contributed by atoms with van der Waals surface area (Å²) in [6.45, 7) is 4.81. The molecule has 1 heterocycles. The van der Waals surface area contributed by atoms with Crippen LogP contribution in [0.3, 0.4) is 0 Å². The molecule has 3 rings (SSSR count). The minimum Gasteiger partial charge on any atom is -0.502 e. The van der Waals surface area contributed by atoms with Crippen LogP contribution in [0.15, 0.2) is 18.2 Å². The van der Waals surface area contributed by atoms with Crippen LogP contribution < -0.4 is 0 Å². The first-order chi connectivity index (χ1) is 10.8. The first-order valence-corrected chi connectivity index (χ1v) is 7.62. The van der Waals surface area contributed by atoms with Gasteiger partial charge in [0.2, 0.25) is 5.75 Å². The van der Waals surface area contributed by atoms with Gasteiger partial charge in [-0.25, -0.2) is 0 Å². The summed E-state index contributed by atoms with van der Waals surface area (Å²) >= 11 is 0. The van der Waals surface area contributed by atoms with Gasteiger partial charge in [0.25, 0.3) is 5.91 Å². The fourth-order valence-electron chi connectivity index (χ4n) is 4.25. The molecule has 1 saturated carbocycles. The van der Waals surface area contributed by atoms with E-state index in [2.05, 4.69) is 13.8 Å². The lowest BCUT2D eigenvalue weighted by molar-refractivity contribution is -0.385. The molecule has 3 atom stereocenters. The van der Waals surface area contributed by atoms with E-state index >= 15 is 0 Å². The molecule has 0 unspecified atom stereocenters. The highest BCUT2D eigenvalue weighted by Crippen LogP contribution is 2.54. The number of amides is 1. The van der Waals surface area contributed by atoms with Crippen LogP contribution >= 0.6 is 0 Å². The van der Waals surface area contributed by atoms with Gasteiger partial charge in [-0.3, -0.25) is 14.9 Å². The molecule has 1 N–H and O–H groups in total. The lowest BCUT2D eigenvalue weighted by atomic mass is 9.56. The fraction of sp³-hybridized carbons (Fsp3) is 0.562. The Morgan fingerprint density at radius 3 is 2.83 bits per heavy atom. The van der Waals surface area contributed by atoms with Crippen molar-refractivity contribution in [3.05, 3.63) is 33.9 Å². The van der Waals surface area contributed by atoms with Crippen molar-refractivity contribution in [2.24, 2.45) is 11.3 Å². The average molecular weight is 320 g/mol. The number of carbonyl (C=O) groups is 1. The quantitative estimate of drug-likeness (QED) is 0.680. The van der Waals surface area contributed by atoms with E-state index in [0.29, 0.717) is 6.61 Å². The number of rotatable bonds is 3. The molecule has 0 radical (unpaired) electrons. The number of phenolic OH excluding ortho intramolecular Hbond substituents is 1. The van der Waals surface area contributed by atoms with Crippen LogP contribution in [-0.4, -0.2) is 46.6 Å². The molecule has 1 aromatic rings. The van der Waals surface area contributed by atoms with Crippen LogP contribution in [0.5, 0.6) is 5.75 Å². The number of benzene rings is 1. The molecule has 1 aromatic carbocycles. The molecule has 7 heteroatoms. The van der Waals surface area contributed by atoms with E-state index in [9.17, 15) is 20.0 Å². The van der Waals surface area contributed by atoms with Crippen LogP contribution in [0.25, 0.3) is 0 Å². The molecule has 124 valence electrons. The Labute approximate surface area is 134 Å². The minimum atomic E-state index is -0.694. The predicted octanol–water partition coefficient (Wildman–Crippen LogP) is 2.19. The van der Waals surface area contributed by atoms with Gasteiger partial charge in [0.05, 0.1) is 16.6 Å². The normalized spacial score (nSPS) is 27.9. The number of para-hydroxylation sites is 1. The summed E-state index contributed by atoms with van der Waals surface area (Å²) in [5.74, 6) is -0.708. The molecule has 1 saturated heterocycles.